The molecule has 3 aromatic rings. The zero-order valence-corrected chi connectivity index (χ0v) is 17.2. The van der Waals surface area contributed by atoms with Crippen molar-refractivity contribution in [2.75, 3.05) is 36.4 Å². The molecular formula is C22H27N7O. The van der Waals surface area contributed by atoms with Crippen LogP contribution in [-0.2, 0) is 0 Å². The number of amides is 1. The number of nitrogens with zero attached hydrogens (tertiary/aromatic N) is 5. The summed E-state index contributed by atoms with van der Waals surface area (Å²) < 4.78 is 1.73. The van der Waals surface area contributed by atoms with Crippen LogP contribution in [0.5, 0.6) is 0 Å². The summed E-state index contributed by atoms with van der Waals surface area (Å²) in [6, 6.07) is 11.2. The first-order chi connectivity index (χ1) is 14.7. The summed E-state index contributed by atoms with van der Waals surface area (Å²) in [5, 5.41) is 10.5. The molecule has 1 aromatic carbocycles. The average molecular weight is 406 g/mol. The number of hydrogen-bond acceptors (Lipinski definition) is 6. The maximum absolute atomic E-state index is 12.5. The third-order valence-corrected chi connectivity index (χ3v) is 5.10. The lowest BCUT2D eigenvalue weighted by atomic mass is 10.1. The molecule has 0 atom stereocenters. The van der Waals surface area contributed by atoms with E-state index in [9.17, 15) is 4.79 Å². The smallest absolute Gasteiger partial charge is 0.251 e. The van der Waals surface area contributed by atoms with E-state index in [1.54, 1.807) is 16.9 Å². The van der Waals surface area contributed by atoms with Crippen LogP contribution in [0.1, 0.15) is 35.4 Å². The Bertz CT molecular complexity index is 981. The topological polar surface area (TPSA) is 88.0 Å². The van der Waals surface area contributed by atoms with Gasteiger partial charge in [-0.05, 0) is 50.5 Å². The molecule has 8 nitrogen and oxygen atoms in total. The van der Waals surface area contributed by atoms with Crippen molar-refractivity contribution in [1.82, 2.24) is 25.1 Å². The second-order valence-corrected chi connectivity index (χ2v) is 7.39. The van der Waals surface area contributed by atoms with E-state index in [2.05, 4.69) is 30.6 Å². The van der Waals surface area contributed by atoms with E-state index in [0.29, 0.717) is 18.7 Å². The Kier molecular flexibility index (Phi) is 6.22. The van der Waals surface area contributed by atoms with Gasteiger partial charge in [-0.2, -0.15) is 5.10 Å². The summed E-state index contributed by atoms with van der Waals surface area (Å²) in [6.45, 7) is 5.08. The fraction of sp³-hybridized carbons (Fsp3) is 0.364. The number of carbonyl (C=O) groups excluding carboxylic acids is 1. The zero-order valence-electron chi connectivity index (χ0n) is 17.2. The Morgan fingerprint density at radius 2 is 1.93 bits per heavy atom. The molecule has 4 rings (SSSR count). The lowest BCUT2D eigenvalue weighted by Gasteiger charge is -2.28. The van der Waals surface area contributed by atoms with Crippen LogP contribution < -0.4 is 15.5 Å². The molecule has 30 heavy (non-hydrogen) atoms. The van der Waals surface area contributed by atoms with Crippen molar-refractivity contribution in [2.45, 2.75) is 26.2 Å². The molecule has 0 spiro atoms. The van der Waals surface area contributed by atoms with E-state index in [1.807, 2.05) is 43.5 Å². The molecule has 1 amide bonds. The lowest BCUT2D eigenvalue weighted by molar-refractivity contribution is 0.0955. The fourth-order valence-corrected chi connectivity index (χ4v) is 3.61. The molecule has 8 heteroatoms. The van der Waals surface area contributed by atoms with Crippen LogP contribution in [0.15, 0.2) is 48.8 Å². The van der Waals surface area contributed by atoms with Gasteiger partial charge in [-0.15, -0.1) is 0 Å². The number of piperidine rings is 1. The molecule has 0 unspecified atom stereocenters. The van der Waals surface area contributed by atoms with Gasteiger partial charge in [0.2, 0.25) is 0 Å². The van der Waals surface area contributed by atoms with Gasteiger partial charge in [0.1, 0.15) is 17.5 Å². The molecule has 1 saturated heterocycles. The third-order valence-electron chi connectivity index (χ3n) is 5.10. The van der Waals surface area contributed by atoms with E-state index in [-0.39, 0.29) is 5.91 Å². The summed E-state index contributed by atoms with van der Waals surface area (Å²) in [4.78, 5) is 23.9. The lowest BCUT2D eigenvalue weighted by Crippen LogP contribution is -2.31. The van der Waals surface area contributed by atoms with Crippen molar-refractivity contribution in [3.8, 4) is 5.69 Å². The molecule has 0 radical (unpaired) electrons. The molecular weight excluding hydrogens is 378 g/mol. The molecule has 0 aliphatic carbocycles. The van der Waals surface area contributed by atoms with E-state index >= 15 is 0 Å². The van der Waals surface area contributed by atoms with Gasteiger partial charge < -0.3 is 15.5 Å². The second kappa shape index (κ2) is 9.39. The predicted octanol–water partition coefficient (Wildman–Crippen LogP) is 2.80. The van der Waals surface area contributed by atoms with Crippen molar-refractivity contribution in [3.05, 3.63) is 60.2 Å². The summed E-state index contributed by atoms with van der Waals surface area (Å²) in [5.41, 5.74) is 1.46. The minimum atomic E-state index is -0.112. The van der Waals surface area contributed by atoms with E-state index in [4.69, 9.17) is 0 Å². The standard InChI is InChI=1S/C22H27N7O/c1-17-26-20(16-21(27-17)28-12-3-2-4-13-28)23-10-11-24-22(30)18-7-5-8-19(15-18)29-14-6-9-25-29/h5-9,14-16H,2-4,10-13H2,1H3,(H,24,30)(H,23,26,27). The summed E-state index contributed by atoms with van der Waals surface area (Å²) in [5.74, 6) is 2.40. The first-order valence-corrected chi connectivity index (χ1v) is 10.4. The third kappa shape index (κ3) is 4.94. The maximum atomic E-state index is 12.5. The molecule has 3 heterocycles. The highest BCUT2D eigenvalue weighted by molar-refractivity contribution is 5.94. The van der Waals surface area contributed by atoms with Crippen molar-refractivity contribution in [3.63, 3.8) is 0 Å². The molecule has 1 fully saturated rings. The minimum Gasteiger partial charge on any atom is -0.368 e. The van der Waals surface area contributed by atoms with Crippen molar-refractivity contribution in [2.24, 2.45) is 0 Å². The van der Waals surface area contributed by atoms with Gasteiger partial charge in [0.05, 0.1) is 5.69 Å². The van der Waals surface area contributed by atoms with Crippen molar-refractivity contribution in [1.29, 1.82) is 0 Å². The molecule has 156 valence electrons. The van der Waals surface area contributed by atoms with Crippen molar-refractivity contribution >= 4 is 17.5 Å². The number of hydrogen-bond donors (Lipinski definition) is 2. The first kappa shape index (κ1) is 19.9. The number of nitrogens with one attached hydrogen (secondary N) is 2. The van der Waals surface area contributed by atoms with Crippen LogP contribution in [0.2, 0.25) is 0 Å². The van der Waals surface area contributed by atoms with Gasteiger partial charge in [-0.3, -0.25) is 4.79 Å². The largest absolute Gasteiger partial charge is 0.368 e. The van der Waals surface area contributed by atoms with E-state index < -0.39 is 0 Å². The molecule has 0 bridgehead atoms. The van der Waals surface area contributed by atoms with Crippen LogP contribution in [-0.4, -0.2) is 51.8 Å². The zero-order chi connectivity index (χ0) is 20.8. The molecule has 2 N–H and O–H groups in total. The van der Waals surface area contributed by atoms with Crippen LogP contribution in [0.3, 0.4) is 0 Å². The summed E-state index contributed by atoms with van der Waals surface area (Å²) in [7, 11) is 0. The highest BCUT2D eigenvalue weighted by Crippen LogP contribution is 2.20. The van der Waals surface area contributed by atoms with Gasteiger partial charge in [0.15, 0.2) is 0 Å². The number of benzene rings is 1. The quantitative estimate of drug-likeness (QED) is 0.588. The number of carbonyl (C=O) groups is 1. The molecule has 1 aliphatic heterocycles. The van der Waals surface area contributed by atoms with Crippen LogP contribution in [0, 0.1) is 6.92 Å². The second-order valence-electron chi connectivity index (χ2n) is 7.39. The van der Waals surface area contributed by atoms with Crippen molar-refractivity contribution < 1.29 is 4.79 Å². The average Bonchev–Trinajstić information content (AvgIpc) is 3.32. The Hall–Kier alpha value is -3.42. The van der Waals surface area contributed by atoms with Gasteiger partial charge in [0.25, 0.3) is 5.91 Å². The predicted molar refractivity (Wildman–Crippen MR) is 117 cm³/mol. The fourth-order valence-electron chi connectivity index (χ4n) is 3.61. The Morgan fingerprint density at radius 1 is 1.07 bits per heavy atom. The Labute approximate surface area is 176 Å². The van der Waals surface area contributed by atoms with E-state index in [1.165, 1.54) is 19.3 Å². The highest BCUT2D eigenvalue weighted by atomic mass is 16.1. The SMILES string of the molecule is Cc1nc(NCCNC(=O)c2cccc(-n3cccn3)c2)cc(N2CCCCC2)n1. The van der Waals surface area contributed by atoms with Gasteiger partial charge in [-0.25, -0.2) is 14.6 Å². The molecule has 2 aromatic heterocycles. The summed E-state index contributed by atoms with van der Waals surface area (Å²) >= 11 is 0. The van der Waals surface area contributed by atoms with Gasteiger partial charge in [-0.1, -0.05) is 6.07 Å². The minimum absolute atomic E-state index is 0.112. The first-order valence-electron chi connectivity index (χ1n) is 10.4. The number of rotatable bonds is 7. The molecule has 0 saturated carbocycles. The number of anilines is 2. The normalized spacial score (nSPS) is 13.8. The monoisotopic (exact) mass is 405 g/mol. The van der Waals surface area contributed by atoms with Crippen LogP contribution in [0.4, 0.5) is 11.6 Å². The summed E-state index contributed by atoms with van der Waals surface area (Å²) in [6.07, 6.45) is 7.27. The molecule has 1 aliphatic rings. The van der Waals surface area contributed by atoms with E-state index in [0.717, 1.165) is 36.2 Å². The Morgan fingerprint density at radius 3 is 2.73 bits per heavy atom. The van der Waals surface area contributed by atoms with Crippen LogP contribution in [0.25, 0.3) is 5.69 Å². The number of aryl methyl sites for hydroxylation is 1. The highest BCUT2D eigenvalue weighted by Gasteiger charge is 2.14. The van der Waals surface area contributed by atoms with Gasteiger partial charge in [0, 0.05) is 50.2 Å². The Balaban J connectivity index is 1.30. The maximum Gasteiger partial charge on any atom is 0.251 e. The van der Waals surface area contributed by atoms with Gasteiger partial charge >= 0.3 is 0 Å². The number of aromatic nitrogens is 4. The van der Waals surface area contributed by atoms with Crippen LogP contribution >= 0.6 is 0 Å².